The molecule has 0 unspecified atom stereocenters. The number of rotatable bonds is 5. The van der Waals surface area contributed by atoms with E-state index in [0.717, 1.165) is 43.6 Å². The largest absolute Gasteiger partial charge is 0.379 e. The van der Waals surface area contributed by atoms with Crippen LogP contribution in [0.25, 0.3) is 0 Å². The molecule has 0 bridgehead atoms. The summed E-state index contributed by atoms with van der Waals surface area (Å²) in [6.45, 7) is 8.25. The molecular weight excluding hydrogens is 416 g/mol. The number of nitrogens with one attached hydrogen (secondary N) is 2. The fourth-order valence-corrected chi connectivity index (χ4v) is 4.68. The Morgan fingerprint density at radius 1 is 1.03 bits per heavy atom. The van der Waals surface area contributed by atoms with E-state index in [9.17, 15) is 9.59 Å². The van der Waals surface area contributed by atoms with E-state index in [1.807, 2.05) is 32.0 Å². The van der Waals surface area contributed by atoms with Gasteiger partial charge in [-0.15, -0.1) is 0 Å². The van der Waals surface area contributed by atoms with E-state index < -0.39 is 11.8 Å². The topological polar surface area (TPSA) is 73.9 Å². The van der Waals surface area contributed by atoms with Gasteiger partial charge in [-0.05, 0) is 61.1 Å². The lowest BCUT2D eigenvalue weighted by Crippen LogP contribution is -2.45. The number of morpholine rings is 1. The number of amides is 2. The number of carbonyl (C=O) groups excluding carboxylic acids is 2. The Morgan fingerprint density at radius 3 is 2.61 bits per heavy atom. The van der Waals surface area contributed by atoms with Gasteiger partial charge in [0.15, 0.2) is 0 Å². The lowest BCUT2D eigenvalue weighted by Gasteiger charge is -2.36. The van der Waals surface area contributed by atoms with Gasteiger partial charge in [0.05, 0.1) is 19.3 Å². The van der Waals surface area contributed by atoms with Gasteiger partial charge in [0, 0.05) is 44.6 Å². The van der Waals surface area contributed by atoms with Crippen molar-refractivity contribution >= 4 is 23.2 Å². The molecule has 0 spiro atoms. The van der Waals surface area contributed by atoms with Gasteiger partial charge in [-0.1, -0.05) is 24.3 Å². The molecule has 7 heteroatoms. The number of nitrogens with zero attached hydrogens (tertiary/aromatic N) is 2. The third-order valence-electron chi connectivity index (χ3n) is 6.63. The summed E-state index contributed by atoms with van der Waals surface area (Å²) in [7, 11) is 2.13. The first-order valence-electron chi connectivity index (χ1n) is 11.7. The third kappa shape index (κ3) is 5.54. The van der Waals surface area contributed by atoms with Crippen LogP contribution in [0, 0.1) is 13.8 Å². The van der Waals surface area contributed by atoms with Crippen LogP contribution in [-0.4, -0.2) is 63.2 Å². The SMILES string of the molecule is Cc1ccc(C)c(NC(=O)C(=O)NC[C@@H](c2ccc3c(c2)CCCN3C)N2CCOCC2)c1. The molecule has 0 aromatic heterocycles. The first-order valence-corrected chi connectivity index (χ1v) is 11.7. The normalized spacial score (nSPS) is 17.2. The van der Waals surface area contributed by atoms with Crippen LogP contribution in [0.1, 0.15) is 34.7 Å². The van der Waals surface area contributed by atoms with Crippen molar-refractivity contribution in [1.29, 1.82) is 0 Å². The summed E-state index contributed by atoms with van der Waals surface area (Å²) in [5, 5.41) is 5.63. The minimum absolute atomic E-state index is 0.0103. The molecule has 2 amide bonds. The van der Waals surface area contributed by atoms with E-state index in [2.05, 4.69) is 45.7 Å². The highest BCUT2D eigenvalue weighted by Gasteiger charge is 2.26. The van der Waals surface area contributed by atoms with Gasteiger partial charge in [-0.3, -0.25) is 14.5 Å². The van der Waals surface area contributed by atoms with Crippen LogP contribution in [-0.2, 0) is 20.7 Å². The van der Waals surface area contributed by atoms with Gasteiger partial charge in [-0.25, -0.2) is 0 Å². The summed E-state index contributed by atoms with van der Waals surface area (Å²) >= 11 is 0. The van der Waals surface area contributed by atoms with Crippen molar-refractivity contribution in [3.63, 3.8) is 0 Å². The average molecular weight is 451 g/mol. The molecule has 1 saturated heterocycles. The summed E-state index contributed by atoms with van der Waals surface area (Å²) < 4.78 is 5.54. The number of hydrogen-bond acceptors (Lipinski definition) is 5. The molecule has 33 heavy (non-hydrogen) atoms. The Bertz CT molecular complexity index is 1020. The highest BCUT2D eigenvalue weighted by Crippen LogP contribution is 2.31. The van der Waals surface area contributed by atoms with E-state index >= 15 is 0 Å². The molecule has 2 aromatic carbocycles. The van der Waals surface area contributed by atoms with Crippen molar-refractivity contribution in [1.82, 2.24) is 10.2 Å². The molecule has 0 radical (unpaired) electrons. The minimum Gasteiger partial charge on any atom is -0.379 e. The van der Waals surface area contributed by atoms with E-state index in [4.69, 9.17) is 4.74 Å². The van der Waals surface area contributed by atoms with E-state index in [1.165, 1.54) is 16.8 Å². The molecule has 2 heterocycles. The van der Waals surface area contributed by atoms with Crippen LogP contribution in [0.4, 0.5) is 11.4 Å². The lowest BCUT2D eigenvalue weighted by molar-refractivity contribution is -0.136. The Morgan fingerprint density at radius 2 is 1.82 bits per heavy atom. The van der Waals surface area contributed by atoms with E-state index in [1.54, 1.807) is 0 Å². The number of benzene rings is 2. The quantitative estimate of drug-likeness (QED) is 0.686. The molecule has 2 N–H and O–H groups in total. The van der Waals surface area contributed by atoms with Gasteiger partial charge in [0.1, 0.15) is 0 Å². The molecule has 2 aromatic rings. The fourth-order valence-electron chi connectivity index (χ4n) is 4.68. The molecule has 1 atom stereocenters. The molecule has 1 fully saturated rings. The second-order valence-corrected chi connectivity index (χ2v) is 9.06. The van der Waals surface area contributed by atoms with Crippen LogP contribution < -0.4 is 15.5 Å². The highest BCUT2D eigenvalue weighted by molar-refractivity contribution is 6.39. The summed E-state index contributed by atoms with van der Waals surface area (Å²) in [5.41, 5.74) is 6.41. The monoisotopic (exact) mass is 450 g/mol. The van der Waals surface area contributed by atoms with Crippen LogP contribution >= 0.6 is 0 Å². The Labute approximate surface area is 196 Å². The highest BCUT2D eigenvalue weighted by atomic mass is 16.5. The van der Waals surface area contributed by atoms with Crippen molar-refractivity contribution in [2.24, 2.45) is 0 Å². The maximum absolute atomic E-state index is 12.7. The van der Waals surface area contributed by atoms with Crippen LogP contribution in [0.15, 0.2) is 36.4 Å². The van der Waals surface area contributed by atoms with E-state index in [-0.39, 0.29) is 6.04 Å². The zero-order valence-corrected chi connectivity index (χ0v) is 19.8. The van der Waals surface area contributed by atoms with Gasteiger partial charge >= 0.3 is 11.8 Å². The first-order chi connectivity index (χ1) is 15.9. The Hall–Kier alpha value is -2.90. The molecular formula is C26H34N4O3. The molecule has 2 aliphatic rings. The van der Waals surface area contributed by atoms with Crippen LogP contribution in [0.5, 0.6) is 0 Å². The fraction of sp³-hybridized carbons (Fsp3) is 0.462. The number of ether oxygens (including phenoxy) is 1. The number of hydrogen-bond donors (Lipinski definition) is 2. The number of aryl methyl sites for hydroxylation is 3. The second kappa shape index (κ2) is 10.4. The average Bonchev–Trinajstić information content (AvgIpc) is 2.82. The van der Waals surface area contributed by atoms with Crippen molar-refractivity contribution in [3.8, 4) is 0 Å². The van der Waals surface area contributed by atoms with Crippen molar-refractivity contribution in [2.45, 2.75) is 32.7 Å². The van der Waals surface area contributed by atoms with Crippen LogP contribution in [0.3, 0.4) is 0 Å². The molecule has 4 rings (SSSR count). The number of carbonyl (C=O) groups is 2. The summed E-state index contributed by atoms with van der Waals surface area (Å²) in [6, 6.07) is 12.4. The maximum Gasteiger partial charge on any atom is 0.313 e. The van der Waals surface area contributed by atoms with E-state index in [0.29, 0.717) is 25.4 Å². The summed E-state index contributed by atoms with van der Waals surface area (Å²) in [4.78, 5) is 29.9. The molecule has 2 aliphatic heterocycles. The van der Waals surface area contributed by atoms with Gasteiger partial charge < -0.3 is 20.3 Å². The zero-order chi connectivity index (χ0) is 23.4. The summed E-state index contributed by atoms with van der Waals surface area (Å²) in [6.07, 6.45) is 2.21. The second-order valence-electron chi connectivity index (χ2n) is 9.06. The minimum atomic E-state index is -0.642. The molecule has 0 saturated carbocycles. The van der Waals surface area contributed by atoms with Gasteiger partial charge in [-0.2, -0.15) is 0 Å². The smallest absolute Gasteiger partial charge is 0.313 e. The Balaban J connectivity index is 1.47. The molecule has 0 aliphatic carbocycles. The summed E-state index contributed by atoms with van der Waals surface area (Å²) in [5.74, 6) is -1.26. The Kier molecular flexibility index (Phi) is 7.30. The van der Waals surface area contributed by atoms with Crippen LogP contribution in [0.2, 0.25) is 0 Å². The maximum atomic E-state index is 12.7. The van der Waals surface area contributed by atoms with Crippen molar-refractivity contribution in [3.05, 3.63) is 58.7 Å². The molecule has 7 nitrogen and oxygen atoms in total. The molecule has 176 valence electrons. The van der Waals surface area contributed by atoms with Gasteiger partial charge in [0.2, 0.25) is 0 Å². The number of anilines is 2. The predicted octanol–water partition coefficient (Wildman–Crippen LogP) is 2.81. The third-order valence-corrected chi connectivity index (χ3v) is 6.63. The van der Waals surface area contributed by atoms with Crippen molar-refractivity contribution in [2.75, 3.05) is 56.7 Å². The number of fused-ring (bicyclic) bond motifs is 1. The first kappa shape index (κ1) is 23.3. The lowest BCUT2D eigenvalue weighted by atomic mass is 9.95. The zero-order valence-electron chi connectivity index (χ0n) is 19.8. The standard InChI is InChI=1S/C26H34N4O3/c1-18-6-7-19(2)22(15-18)28-26(32)25(31)27-17-24(30-11-13-33-14-12-30)21-8-9-23-20(16-21)5-4-10-29(23)3/h6-9,15-16,24H,4-5,10-14,17H2,1-3H3,(H,27,31)(H,28,32)/t24-/m0/s1. The van der Waals surface area contributed by atoms with Crippen molar-refractivity contribution < 1.29 is 14.3 Å². The van der Waals surface area contributed by atoms with Gasteiger partial charge in [0.25, 0.3) is 0 Å². The predicted molar refractivity (Wildman–Crippen MR) is 131 cm³/mol.